The fourth-order valence-electron chi connectivity index (χ4n) is 2.77. The number of hydrogen-bond donors (Lipinski definition) is 2. The standard InChI is InChI=1S/C13H14N2.C2HF3O2/c14-8-12-11(9-15-13(12)6-7-13)10-4-2-1-3-5-10;3-2(4,5)1(6)7/h1-5,11-12,15H,6-7,9H2;(H,6,7). The predicted molar refractivity (Wildman–Crippen MR) is 71.9 cm³/mol. The van der Waals surface area contributed by atoms with Crippen LogP contribution in [-0.4, -0.2) is 29.3 Å². The van der Waals surface area contributed by atoms with Gasteiger partial charge in [-0.3, -0.25) is 0 Å². The lowest BCUT2D eigenvalue weighted by molar-refractivity contribution is -0.192. The Labute approximate surface area is 125 Å². The van der Waals surface area contributed by atoms with Crippen molar-refractivity contribution in [3.05, 3.63) is 35.9 Å². The first-order valence-electron chi connectivity index (χ1n) is 6.80. The number of aliphatic carboxylic acids is 1. The van der Waals surface area contributed by atoms with Crippen LogP contribution in [0, 0.1) is 17.2 Å². The van der Waals surface area contributed by atoms with E-state index in [2.05, 4.69) is 35.7 Å². The van der Waals surface area contributed by atoms with Gasteiger partial charge in [-0.25, -0.2) is 4.79 Å². The van der Waals surface area contributed by atoms with Gasteiger partial charge in [-0.2, -0.15) is 18.4 Å². The minimum absolute atomic E-state index is 0.167. The normalized spacial score (nSPS) is 25.0. The molecular formula is C15H15F3N2O2. The summed E-state index contributed by atoms with van der Waals surface area (Å²) in [6, 6.07) is 12.9. The first-order chi connectivity index (χ1) is 10.3. The van der Waals surface area contributed by atoms with Crippen molar-refractivity contribution in [3.63, 3.8) is 0 Å². The predicted octanol–water partition coefficient (Wildman–Crippen LogP) is 2.68. The van der Waals surface area contributed by atoms with Crippen LogP contribution < -0.4 is 5.32 Å². The summed E-state index contributed by atoms with van der Waals surface area (Å²) < 4.78 is 31.7. The molecular weight excluding hydrogens is 297 g/mol. The number of nitriles is 1. The van der Waals surface area contributed by atoms with Crippen LogP contribution in [0.25, 0.3) is 0 Å². The Kier molecular flexibility index (Phi) is 4.42. The summed E-state index contributed by atoms with van der Waals surface area (Å²) in [6.07, 6.45) is -2.73. The maximum absolute atomic E-state index is 10.6. The molecule has 2 N–H and O–H groups in total. The minimum atomic E-state index is -5.08. The number of benzene rings is 1. The van der Waals surface area contributed by atoms with E-state index in [1.807, 2.05) is 6.07 Å². The highest BCUT2D eigenvalue weighted by atomic mass is 19.4. The van der Waals surface area contributed by atoms with Gasteiger partial charge in [0.25, 0.3) is 0 Å². The number of carboxylic acid groups (broad SMARTS) is 1. The zero-order chi connectivity index (χ0) is 16.4. The molecule has 1 aliphatic carbocycles. The third-order valence-corrected chi connectivity index (χ3v) is 4.07. The minimum Gasteiger partial charge on any atom is -0.475 e. The summed E-state index contributed by atoms with van der Waals surface area (Å²) in [7, 11) is 0. The fourth-order valence-corrected chi connectivity index (χ4v) is 2.77. The van der Waals surface area contributed by atoms with Gasteiger partial charge in [-0.1, -0.05) is 30.3 Å². The molecule has 1 saturated heterocycles. The molecule has 1 spiro atoms. The summed E-state index contributed by atoms with van der Waals surface area (Å²) in [4.78, 5) is 8.90. The molecule has 4 nitrogen and oxygen atoms in total. The highest BCUT2D eigenvalue weighted by molar-refractivity contribution is 5.73. The highest BCUT2D eigenvalue weighted by Crippen LogP contribution is 2.51. The number of nitrogens with zero attached hydrogens (tertiary/aromatic N) is 1. The van der Waals surface area contributed by atoms with Gasteiger partial charge < -0.3 is 10.4 Å². The lowest BCUT2D eigenvalue weighted by Crippen LogP contribution is -2.28. The number of hydrogen-bond acceptors (Lipinski definition) is 3. The second kappa shape index (κ2) is 5.97. The molecule has 1 saturated carbocycles. The third-order valence-electron chi connectivity index (χ3n) is 4.07. The third kappa shape index (κ3) is 3.39. The smallest absolute Gasteiger partial charge is 0.475 e. The van der Waals surface area contributed by atoms with Crippen molar-refractivity contribution in [3.8, 4) is 6.07 Å². The van der Waals surface area contributed by atoms with Gasteiger partial charge in [0.2, 0.25) is 0 Å². The molecule has 0 bridgehead atoms. The Balaban J connectivity index is 0.000000217. The molecule has 0 amide bonds. The van der Waals surface area contributed by atoms with Crippen molar-refractivity contribution >= 4 is 5.97 Å². The van der Waals surface area contributed by atoms with Crippen LogP contribution in [0.3, 0.4) is 0 Å². The van der Waals surface area contributed by atoms with E-state index in [4.69, 9.17) is 9.90 Å². The van der Waals surface area contributed by atoms with E-state index in [0.29, 0.717) is 5.92 Å². The van der Waals surface area contributed by atoms with E-state index in [0.717, 1.165) is 6.54 Å². The Morgan fingerprint density at radius 2 is 1.86 bits per heavy atom. The zero-order valence-electron chi connectivity index (χ0n) is 11.6. The highest BCUT2D eigenvalue weighted by Gasteiger charge is 2.56. The molecule has 2 atom stereocenters. The Morgan fingerprint density at radius 1 is 1.32 bits per heavy atom. The van der Waals surface area contributed by atoms with Crippen molar-refractivity contribution in [2.45, 2.75) is 30.5 Å². The lowest BCUT2D eigenvalue weighted by atomic mass is 9.85. The van der Waals surface area contributed by atoms with Crippen LogP contribution in [0.2, 0.25) is 0 Å². The van der Waals surface area contributed by atoms with E-state index < -0.39 is 12.1 Å². The molecule has 1 heterocycles. The molecule has 1 aliphatic heterocycles. The van der Waals surface area contributed by atoms with E-state index in [1.165, 1.54) is 18.4 Å². The van der Waals surface area contributed by atoms with Gasteiger partial charge in [0.15, 0.2) is 0 Å². The number of carbonyl (C=O) groups is 1. The average Bonchev–Trinajstić information content (AvgIpc) is 3.14. The van der Waals surface area contributed by atoms with Crippen LogP contribution in [0.5, 0.6) is 0 Å². The van der Waals surface area contributed by atoms with E-state index >= 15 is 0 Å². The topological polar surface area (TPSA) is 73.1 Å². The number of nitrogens with one attached hydrogen (secondary N) is 1. The van der Waals surface area contributed by atoms with Crippen LogP contribution in [-0.2, 0) is 4.79 Å². The Bertz CT molecular complexity index is 577. The molecule has 0 radical (unpaired) electrons. The zero-order valence-corrected chi connectivity index (χ0v) is 11.6. The fraction of sp³-hybridized carbons (Fsp3) is 0.467. The maximum Gasteiger partial charge on any atom is 0.490 e. The van der Waals surface area contributed by atoms with Gasteiger partial charge in [0, 0.05) is 18.0 Å². The Morgan fingerprint density at radius 3 is 2.27 bits per heavy atom. The molecule has 2 aliphatic rings. The first kappa shape index (κ1) is 16.3. The maximum atomic E-state index is 10.6. The number of halogens is 3. The van der Waals surface area contributed by atoms with Crippen molar-refractivity contribution in [1.29, 1.82) is 5.26 Å². The number of alkyl halides is 3. The number of carboxylic acids is 1. The summed E-state index contributed by atoms with van der Waals surface area (Å²) in [5.41, 5.74) is 1.48. The van der Waals surface area contributed by atoms with E-state index in [-0.39, 0.29) is 11.5 Å². The second-order valence-corrected chi connectivity index (χ2v) is 5.46. The molecule has 2 unspecified atom stereocenters. The van der Waals surface area contributed by atoms with Gasteiger partial charge in [-0.05, 0) is 18.4 Å². The quantitative estimate of drug-likeness (QED) is 0.836. The van der Waals surface area contributed by atoms with E-state index in [9.17, 15) is 18.4 Å². The molecule has 118 valence electrons. The van der Waals surface area contributed by atoms with Crippen molar-refractivity contribution in [1.82, 2.24) is 5.32 Å². The molecule has 1 aromatic carbocycles. The average molecular weight is 312 g/mol. The first-order valence-corrected chi connectivity index (χ1v) is 6.80. The summed E-state index contributed by atoms with van der Waals surface area (Å²) in [5.74, 6) is -2.20. The molecule has 0 aromatic heterocycles. The molecule has 1 aromatic rings. The largest absolute Gasteiger partial charge is 0.490 e. The van der Waals surface area contributed by atoms with Gasteiger partial charge in [0.1, 0.15) is 0 Å². The van der Waals surface area contributed by atoms with E-state index in [1.54, 1.807) is 0 Å². The second-order valence-electron chi connectivity index (χ2n) is 5.46. The molecule has 22 heavy (non-hydrogen) atoms. The van der Waals surface area contributed by atoms with Crippen molar-refractivity contribution in [2.24, 2.45) is 5.92 Å². The Hall–Kier alpha value is -2.07. The van der Waals surface area contributed by atoms with Gasteiger partial charge >= 0.3 is 12.1 Å². The van der Waals surface area contributed by atoms with Crippen LogP contribution in [0.4, 0.5) is 13.2 Å². The van der Waals surface area contributed by atoms with Crippen LogP contribution in [0.15, 0.2) is 30.3 Å². The monoisotopic (exact) mass is 312 g/mol. The molecule has 7 heteroatoms. The van der Waals surface area contributed by atoms with Crippen LogP contribution in [0.1, 0.15) is 24.3 Å². The molecule has 3 rings (SSSR count). The summed E-state index contributed by atoms with van der Waals surface area (Å²) in [5, 5.41) is 19.9. The van der Waals surface area contributed by atoms with Crippen LogP contribution >= 0.6 is 0 Å². The summed E-state index contributed by atoms with van der Waals surface area (Å²) >= 11 is 0. The van der Waals surface area contributed by atoms with Crippen molar-refractivity contribution in [2.75, 3.05) is 6.54 Å². The molecule has 2 fully saturated rings. The summed E-state index contributed by atoms with van der Waals surface area (Å²) in [6.45, 7) is 0.961. The SMILES string of the molecule is N#CC1C(c2ccccc2)CNC12CC2.O=C(O)C(F)(F)F. The van der Waals surface area contributed by atoms with Gasteiger partial charge in [0.05, 0.1) is 12.0 Å². The van der Waals surface area contributed by atoms with Crippen molar-refractivity contribution < 1.29 is 23.1 Å². The lowest BCUT2D eigenvalue weighted by Gasteiger charge is -2.16. The number of rotatable bonds is 1. The van der Waals surface area contributed by atoms with Gasteiger partial charge in [-0.15, -0.1) is 0 Å².